The number of amides is 1. The van der Waals surface area contributed by atoms with Crippen LogP contribution in [0.3, 0.4) is 0 Å². The van der Waals surface area contributed by atoms with Crippen LogP contribution in [0.15, 0.2) is 43.1 Å². The number of nitrogens with one attached hydrogen (secondary N) is 1. The van der Waals surface area contributed by atoms with E-state index in [4.69, 9.17) is 0 Å². The summed E-state index contributed by atoms with van der Waals surface area (Å²) < 4.78 is 0. The minimum absolute atomic E-state index is 0.0106. The zero-order valence-corrected chi connectivity index (χ0v) is 9.23. The van der Waals surface area contributed by atoms with Gasteiger partial charge in [-0.25, -0.2) is 0 Å². The standard InChI is InChI=1S/C13H14N2O/c1-3-8-15(2)13(16)11-5-4-10-6-7-14-12(10)9-11/h3-7,9,14H,1,8H2,2H3. The summed E-state index contributed by atoms with van der Waals surface area (Å²) in [4.78, 5) is 16.7. The predicted octanol–water partition coefficient (Wildman–Crippen LogP) is 2.43. The van der Waals surface area contributed by atoms with E-state index in [2.05, 4.69) is 11.6 Å². The van der Waals surface area contributed by atoms with E-state index in [-0.39, 0.29) is 5.91 Å². The van der Waals surface area contributed by atoms with Gasteiger partial charge in [-0.2, -0.15) is 0 Å². The van der Waals surface area contributed by atoms with Gasteiger partial charge in [0.05, 0.1) is 0 Å². The first-order valence-corrected chi connectivity index (χ1v) is 5.16. The van der Waals surface area contributed by atoms with Crippen molar-refractivity contribution >= 4 is 16.8 Å². The zero-order valence-electron chi connectivity index (χ0n) is 9.23. The van der Waals surface area contributed by atoms with Crippen LogP contribution in [0.2, 0.25) is 0 Å². The van der Waals surface area contributed by atoms with Gasteiger partial charge in [0, 0.05) is 30.9 Å². The molecule has 1 N–H and O–H groups in total. The second kappa shape index (κ2) is 4.23. The lowest BCUT2D eigenvalue weighted by Gasteiger charge is -2.14. The molecule has 3 heteroatoms. The van der Waals surface area contributed by atoms with Gasteiger partial charge in [-0.05, 0) is 23.6 Å². The van der Waals surface area contributed by atoms with Crippen molar-refractivity contribution in [2.24, 2.45) is 0 Å². The smallest absolute Gasteiger partial charge is 0.253 e. The second-order valence-electron chi connectivity index (χ2n) is 3.75. The van der Waals surface area contributed by atoms with Gasteiger partial charge in [0.2, 0.25) is 0 Å². The third kappa shape index (κ3) is 1.84. The van der Waals surface area contributed by atoms with E-state index in [0.29, 0.717) is 12.1 Å². The van der Waals surface area contributed by atoms with Crippen molar-refractivity contribution in [3.8, 4) is 0 Å². The summed E-state index contributed by atoms with van der Waals surface area (Å²) in [6.07, 6.45) is 3.58. The molecular weight excluding hydrogens is 200 g/mol. The molecule has 82 valence electrons. The molecule has 16 heavy (non-hydrogen) atoms. The van der Waals surface area contributed by atoms with E-state index >= 15 is 0 Å². The van der Waals surface area contributed by atoms with Gasteiger partial charge in [-0.15, -0.1) is 6.58 Å². The molecule has 0 unspecified atom stereocenters. The van der Waals surface area contributed by atoms with E-state index in [1.807, 2.05) is 30.5 Å². The summed E-state index contributed by atoms with van der Waals surface area (Å²) in [6, 6.07) is 7.65. The van der Waals surface area contributed by atoms with Crippen molar-refractivity contribution in [2.45, 2.75) is 0 Å². The minimum atomic E-state index is 0.0106. The Bertz CT molecular complexity index is 527. The average molecular weight is 214 g/mol. The Balaban J connectivity index is 2.32. The van der Waals surface area contributed by atoms with Gasteiger partial charge >= 0.3 is 0 Å². The first kappa shape index (κ1) is 10.5. The van der Waals surface area contributed by atoms with Crippen molar-refractivity contribution in [3.63, 3.8) is 0 Å². The first-order valence-electron chi connectivity index (χ1n) is 5.16. The molecule has 0 saturated heterocycles. The number of aromatic nitrogens is 1. The number of rotatable bonds is 3. The van der Waals surface area contributed by atoms with Crippen LogP contribution in [0.4, 0.5) is 0 Å². The molecule has 0 atom stereocenters. The Morgan fingerprint density at radius 1 is 1.50 bits per heavy atom. The van der Waals surface area contributed by atoms with Crippen molar-refractivity contribution in [1.82, 2.24) is 9.88 Å². The first-order chi connectivity index (χ1) is 7.72. The number of hydrogen-bond donors (Lipinski definition) is 1. The number of likely N-dealkylation sites (N-methyl/N-ethyl adjacent to an activating group) is 1. The molecule has 0 bridgehead atoms. The summed E-state index contributed by atoms with van der Waals surface area (Å²) in [5.74, 6) is 0.0106. The van der Waals surface area contributed by atoms with E-state index in [1.165, 1.54) is 0 Å². The number of hydrogen-bond acceptors (Lipinski definition) is 1. The average Bonchev–Trinajstić information content (AvgIpc) is 2.75. The maximum absolute atomic E-state index is 12.0. The van der Waals surface area contributed by atoms with Crippen LogP contribution in [0.25, 0.3) is 10.9 Å². The number of carbonyl (C=O) groups excluding carboxylic acids is 1. The molecule has 1 heterocycles. The molecule has 1 aromatic heterocycles. The fourth-order valence-corrected chi connectivity index (χ4v) is 1.68. The molecular formula is C13H14N2O. The second-order valence-corrected chi connectivity index (χ2v) is 3.75. The normalized spacial score (nSPS) is 10.3. The van der Waals surface area contributed by atoms with Gasteiger partial charge < -0.3 is 9.88 Å². The van der Waals surface area contributed by atoms with Crippen LogP contribution < -0.4 is 0 Å². The highest BCUT2D eigenvalue weighted by Crippen LogP contribution is 2.15. The zero-order chi connectivity index (χ0) is 11.5. The Morgan fingerprint density at radius 2 is 2.31 bits per heavy atom. The maximum Gasteiger partial charge on any atom is 0.253 e. The lowest BCUT2D eigenvalue weighted by atomic mass is 10.1. The third-order valence-electron chi connectivity index (χ3n) is 2.55. The van der Waals surface area contributed by atoms with Gasteiger partial charge in [0.25, 0.3) is 5.91 Å². The fourth-order valence-electron chi connectivity index (χ4n) is 1.68. The largest absolute Gasteiger partial charge is 0.361 e. The Kier molecular flexibility index (Phi) is 2.77. The molecule has 0 spiro atoms. The quantitative estimate of drug-likeness (QED) is 0.783. The molecule has 3 nitrogen and oxygen atoms in total. The third-order valence-corrected chi connectivity index (χ3v) is 2.55. The monoisotopic (exact) mass is 214 g/mol. The molecule has 2 rings (SSSR count). The Morgan fingerprint density at radius 3 is 3.06 bits per heavy atom. The highest BCUT2D eigenvalue weighted by Gasteiger charge is 2.10. The van der Waals surface area contributed by atoms with E-state index in [9.17, 15) is 4.79 Å². The lowest BCUT2D eigenvalue weighted by Crippen LogP contribution is -2.26. The number of benzene rings is 1. The Labute approximate surface area is 94.4 Å². The number of fused-ring (bicyclic) bond motifs is 1. The van der Waals surface area contributed by atoms with Crippen LogP contribution in [-0.2, 0) is 0 Å². The summed E-state index contributed by atoms with van der Waals surface area (Å²) in [6.45, 7) is 4.18. The van der Waals surface area contributed by atoms with Crippen LogP contribution in [-0.4, -0.2) is 29.4 Å². The number of nitrogens with zero attached hydrogens (tertiary/aromatic N) is 1. The number of carbonyl (C=O) groups is 1. The van der Waals surface area contributed by atoms with Gasteiger partial charge in [0.1, 0.15) is 0 Å². The molecule has 0 aliphatic carbocycles. The highest BCUT2D eigenvalue weighted by atomic mass is 16.2. The molecule has 2 aromatic rings. The SMILES string of the molecule is C=CCN(C)C(=O)c1ccc2cc[nH]c2c1. The van der Waals surface area contributed by atoms with Gasteiger partial charge in [-0.3, -0.25) is 4.79 Å². The highest BCUT2D eigenvalue weighted by molar-refractivity contribution is 5.97. The van der Waals surface area contributed by atoms with Gasteiger partial charge in [-0.1, -0.05) is 12.1 Å². The van der Waals surface area contributed by atoms with Crippen molar-refractivity contribution in [3.05, 3.63) is 48.7 Å². The lowest BCUT2D eigenvalue weighted by molar-refractivity contribution is 0.0810. The predicted molar refractivity (Wildman–Crippen MR) is 65.5 cm³/mol. The van der Waals surface area contributed by atoms with Crippen LogP contribution >= 0.6 is 0 Å². The fraction of sp³-hybridized carbons (Fsp3) is 0.154. The molecule has 0 radical (unpaired) electrons. The van der Waals surface area contributed by atoms with Crippen molar-refractivity contribution in [2.75, 3.05) is 13.6 Å². The molecule has 0 saturated carbocycles. The van der Waals surface area contributed by atoms with Crippen molar-refractivity contribution in [1.29, 1.82) is 0 Å². The van der Waals surface area contributed by atoms with E-state index in [1.54, 1.807) is 18.0 Å². The van der Waals surface area contributed by atoms with Gasteiger partial charge in [0.15, 0.2) is 0 Å². The molecule has 0 fully saturated rings. The maximum atomic E-state index is 12.0. The molecule has 1 amide bonds. The number of H-pyrrole nitrogens is 1. The van der Waals surface area contributed by atoms with Crippen LogP contribution in [0.5, 0.6) is 0 Å². The van der Waals surface area contributed by atoms with E-state index in [0.717, 1.165) is 10.9 Å². The topological polar surface area (TPSA) is 36.1 Å². The molecule has 1 aromatic carbocycles. The van der Waals surface area contributed by atoms with Crippen LogP contribution in [0.1, 0.15) is 10.4 Å². The summed E-state index contributed by atoms with van der Waals surface area (Å²) in [7, 11) is 1.77. The summed E-state index contributed by atoms with van der Waals surface area (Å²) >= 11 is 0. The summed E-state index contributed by atoms with van der Waals surface area (Å²) in [5, 5.41) is 1.11. The Hall–Kier alpha value is -2.03. The van der Waals surface area contributed by atoms with E-state index < -0.39 is 0 Å². The van der Waals surface area contributed by atoms with Crippen LogP contribution in [0, 0.1) is 0 Å². The molecule has 0 aliphatic heterocycles. The number of aromatic amines is 1. The van der Waals surface area contributed by atoms with Crippen molar-refractivity contribution < 1.29 is 4.79 Å². The molecule has 0 aliphatic rings. The summed E-state index contributed by atoms with van der Waals surface area (Å²) in [5.41, 5.74) is 1.68. The minimum Gasteiger partial charge on any atom is -0.361 e.